The predicted molar refractivity (Wildman–Crippen MR) is 78.0 cm³/mol. The van der Waals surface area contributed by atoms with E-state index in [1.54, 1.807) is 16.8 Å². The topological polar surface area (TPSA) is 84.4 Å². The second-order valence-electron chi connectivity index (χ2n) is 4.78. The van der Waals surface area contributed by atoms with Gasteiger partial charge in [-0.3, -0.25) is 4.68 Å². The number of aromatic nitrogens is 2. The Bertz CT molecular complexity index is 621. The highest BCUT2D eigenvalue weighted by Gasteiger charge is 2.14. The Kier molecular flexibility index (Phi) is 3.93. The average molecular weight is 274 g/mol. The summed E-state index contributed by atoms with van der Waals surface area (Å²) in [5.74, 6) is -0.972. The van der Waals surface area contributed by atoms with Crippen LogP contribution in [0.5, 0.6) is 0 Å². The Balaban J connectivity index is 2.12. The van der Waals surface area contributed by atoms with Crippen LogP contribution in [0.1, 0.15) is 15.9 Å². The fourth-order valence-corrected chi connectivity index (χ4v) is 2.08. The zero-order chi connectivity index (χ0) is 14.7. The van der Waals surface area contributed by atoms with Crippen molar-refractivity contribution in [1.29, 1.82) is 0 Å². The van der Waals surface area contributed by atoms with Gasteiger partial charge < -0.3 is 15.7 Å². The molecule has 0 bridgehead atoms. The molecule has 0 saturated carbocycles. The molecule has 0 aliphatic rings. The Morgan fingerprint density at radius 2 is 2.25 bits per heavy atom. The molecule has 0 aliphatic carbocycles. The zero-order valence-electron chi connectivity index (χ0n) is 11.6. The molecule has 0 aliphatic heterocycles. The zero-order valence-corrected chi connectivity index (χ0v) is 11.6. The van der Waals surface area contributed by atoms with Crippen LogP contribution in [0.4, 0.5) is 11.4 Å². The van der Waals surface area contributed by atoms with Crippen molar-refractivity contribution in [3.63, 3.8) is 0 Å². The molecule has 106 valence electrons. The molecular weight excluding hydrogens is 256 g/mol. The highest BCUT2D eigenvalue weighted by Crippen LogP contribution is 2.22. The van der Waals surface area contributed by atoms with E-state index in [9.17, 15) is 9.90 Å². The Hall–Kier alpha value is -2.50. The summed E-state index contributed by atoms with van der Waals surface area (Å²) in [6.45, 7) is 0.704. The molecule has 3 N–H and O–H groups in total. The molecule has 0 fully saturated rings. The van der Waals surface area contributed by atoms with E-state index < -0.39 is 5.97 Å². The largest absolute Gasteiger partial charge is 0.478 e. The van der Waals surface area contributed by atoms with Gasteiger partial charge in [-0.2, -0.15) is 5.10 Å². The summed E-state index contributed by atoms with van der Waals surface area (Å²) in [6.07, 6.45) is 4.57. The van der Waals surface area contributed by atoms with E-state index in [2.05, 4.69) is 5.10 Å². The number of benzene rings is 1. The van der Waals surface area contributed by atoms with Gasteiger partial charge in [0, 0.05) is 32.5 Å². The van der Waals surface area contributed by atoms with E-state index in [1.165, 1.54) is 6.07 Å². The van der Waals surface area contributed by atoms with Gasteiger partial charge in [0.25, 0.3) is 0 Å². The van der Waals surface area contributed by atoms with Crippen LogP contribution in [0.15, 0.2) is 30.6 Å². The van der Waals surface area contributed by atoms with Gasteiger partial charge >= 0.3 is 5.97 Å². The second kappa shape index (κ2) is 5.64. The van der Waals surface area contributed by atoms with Crippen molar-refractivity contribution >= 4 is 17.3 Å². The van der Waals surface area contributed by atoms with Gasteiger partial charge in [0.1, 0.15) is 0 Å². The van der Waals surface area contributed by atoms with Crippen molar-refractivity contribution in [2.75, 3.05) is 24.2 Å². The number of carboxylic acid groups (broad SMARTS) is 1. The lowest BCUT2D eigenvalue weighted by molar-refractivity contribution is 0.0697. The number of nitrogen functional groups attached to an aromatic ring is 1. The van der Waals surface area contributed by atoms with E-state index >= 15 is 0 Å². The van der Waals surface area contributed by atoms with E-state index in [0.717, 1.165) is 12.0 Å². The average Bonchev–Trinajstić information content (AvgIpc) is 2.81. The van der Waals surface area contributed by atoms with Crippen LogP contribution in [-0.4, -0.2) is 34.4 Å². The van der Waals surface area contributed by atoms with Crippen LogP contribution in [-0.2, 0) is 13.5 Å². The van der Waals surface area contributed by atoms with Crippen molar-refractivity contribution < 1.29 is 9.90 Å². The summed E-state index contributed by atoms with van der Waals surface area (Å²) in [5, 5.41) is 13.3. The van der Waals surface area contributed by atoms with Gasteiger partial charge in [0.2, 0.25) is 0 Å². The van der Waals surface area contributed by atoms with Gasteiger partial charge in [-0.05, 0) is 30.2 Å². The molecule has 20 heavy (non-hydrogen) atoms. The standard InChI is InChI=1S/C14H18N4O2/c1-17(6-5-10-8-16-18(2)9-10)13-4-3-11(15)7-12(13)14(19)20/h3-4,7-9H,5-6,15H2,1-2H3,(H,19,20). The van der Waals surface area contributed by atoms with Gasteiger partial charge in [-0.25, -0.2) is 4.79 Å². The smallest absolute Gasteiger partial charge is 0.337 e. The molecule has 0 atom stereocenters. The minimum Gasteiger partial charge on any atom is -0.478 e. The number of carbonyl (C=O) groups is 1. The Labute approximate surface area is 117 Å². The van der Waals surface area contributed by atoms with Crippen molar-refractivity contribution in [1.82, 2.24) is 9.78 Å². The highest BCUT2D eigenvalue weighted by atomic mass is 16.4. The van der Waals surface area contributed by atoms with Crippen LogP contribution in [0.25, 0.3) is 0 Å². The number of likely N-dealkylation sites (N-methyl/N-ethyl adjacent to an activating group) is 1. The molecule has 0 unspecified atom stereocenters. The molecule has 1 aromatic heterocycles. The van der Waals surface area contributed by atoms with E-state index in [-0.39, 0.29) is 5.56 Å². The molecule has 2 rings (SSSR count). The first-order chi connectivity index (χ1) is 9.47. The number of aryl methyl sites for hydroxylation is 1. The maximum absolute atomic E-state index is 11.3. The Morgan fingerprint density at radius 1 is 1.50 bits per heavy atom. The fourth-order valence-electron chi connectivity index (χ4n) is 2.08. The van der Waals surface area contributed by atoms with Gasteiger partial charge in [0.05, 0.1) is 17.4 Å². The van der Waals surface area contributed by atoms with Gasteiger partial charge in [0.15, 0.2) is 0 Å². The SMILES string of the molecule is CN(CCc1cnn(C)c1)c1ccc(N)cc1C(=O)O. The monoisotopic (exact) mass is 274 g/mol. The number of aromatic carboxylic acids is 1. The lowest BCUT2D eigenvalue weighted by Crippen LogP contribution is -2.22. The summed E-state index contributed by atoms with van der Waals surface area (Å²) in [4.78, 5) is 13.2. The van der Waals surface area contributed by atoms with Gasteiger partial charge in [-0.1, -0.05) is 0 Å². The molecule has 2 aromatic rings. The summed E-state index contributed by atoms with van der Waals surface area (Å²) >= 11 is 0. The quantitative estimate of drug-likeness (QED) is 0.805. The first-order valence-electron chi connectivity index (χ1n) is 6.29. The van der Waals surface area contributed by atoms with Crippen LogP contribution in [0.3, 0.4) is 0 Å². The number of carboxylic acids is 1. The minimum absolute atomic E-state index is 0.221. The second-order valence-corrected chi connectivity index (χ2v) is 4.78. The third-order valence-electron chi connectivity index (χ3n) is 3.16. The highest BCUT2D eigenvalue weighted by molar-refractivity contribution is 5.95. The number of hydrogen-bond donors (Lipinski definition) is 2. The predicted octanol–water partition coefficient (Wildman–Crippen LogP) is 1.38. The lowest BCUT2D eigenvalue weighted by Gasteiger charge is -2.21. The number of nitrogens with zero attached hydrogens (tertiary/aromatic N) is 3. The molecule has 0 spiro atoms. The Morgan fingerprint density at radius 3 is 2.85 bits per heavy atom. The molecule has 6 heteroatoms. The molecule has 0 saturated heterocycles. The summed E-state index contributed by atoms with van der Waals surface area (Å²) in [6, 6.07) is 4.93. The summed E-state index contributed by atoms with van der Waals surface area (Å²) in [5.41, 5.74) is 8.09. The minimum atomic E-state index is -0.972. The molecule has 0 amide bonds. The van der Waals surface area contributed by atoms with E-state index in [1.807, 2.05) is 31.4 Å². The number of hydrogen-bond acceptors (Lipinski definition) is 4. The fraction of sp³-hybridized carbons (Fsp3) is 0.286. The van der Waals surface area contributed by atoms with Crippen LogP contribution in [0.2, 0.25) is 0 Å². The summed E-state index contributed by atoms with van der Waals surface area (Å²) in [7, 11) is 3.74. The number of nitrogens with two attached hydrogens (primary N) is 1. The molecule has 6 nitrogen and oxygen atoms in total. The van der Waals surface area contributed by atoms with E-state index in [4.69, 9.17) is 5.73 Å². The lowest BCUT2D eigenvalue weighted by atomic mass is 10.1. The third-order valence-corrected chi connectivity index (χ3v) is 3.16. The molecule has 1 heterocycles. The van der Waals surface area contributed by atoms with E-state index in [0.29, 0.717) is 17.9 Å². The van der Waals surface area contributed by atoms with Crippen LogP contribution < -0.4 is 10.6 Å². The van der Waals surface area contributed by atoms with Gasteiger partial charge in [-0.15, -0.1) is 0 Å². The van der Waals surface area contributed by atoms with Crippen LogP contribution in [0, 0.1) is 0 Å². The first kappa shape index (κ1) is 13.9. The van der Waals surface area contributed by atoms with Crippen molar-refractivity contribution in [2.24, 2.45) is 7.05 Å². The molecular formula is C14H18N4O2. The van der Waals surface area contributed by atoms with Crippen molar-refractivity contribution in [3.05, 3.63) is 41.7 Å². The number of rotatable bonds is 5. The van der Waals surface area contributed by atoms with Crippen molar-refractivity contribution in [3.8, 4) is 0 Å². The van der Waals surface area contributed by atoms with Crippen molar-refractivity contribution in [2.45, 2.75) is 6.42 Å². The normalized spacial score (nSPS) is 10.5. The number of anilines is 2. The molecule has 1 aromatic carbocycles. The van der Waals surface area contributed by atoms with Crippen LogP contribution >= 0.6 is 0 Å². The molecule has 0 radical (unpaired) electrons. The summed E-state index contributed by atoms with van der Waals surface area (Å²) < 4.78 is 1.75. The maximum Gasteiger partial charge on any atom is 0.337 e. The maximum atomic E-state index is 11.3. The first-order valence-corrected chi connectivity index (χ1v) is 6.29. The third kappa shape index (κ3) is 3.09.